The molecule has 0 saturated carbocycles. The van der Waals surface area contributed by atoms with E-state index in [0.717, 1.165) is 41.9 Å². The fraction of sp³-hybridized carbons (Fsp3) is 0.348. The first-order chi connectivity index (χ1) is 12.9. The van der Waals surface area contributed by atoms with Crippen molar-refractivity contribution in [1.29, 1.82) is 0 Å². The van der Waals surface area contributed by atoms with Crippen molar-refractivity contribution in [3.8, 4) is 11.5 Å². The first-order valence-electron chi connectivity index (χ1n) is 9.62. The average Bonchev–Trinajstić information content (AvgIpc) is 2.66. The van der Waals surface area contributed by atoms with E-state index in [4.69, 9.17) is 0 Å². The highest BCUT2D eigenvalue weighted by Crippen LogP contribution is 2.24. The van der Waals surface area contributed by atoms with Crippen molar-refractivity contribution < 1.29 is 19.9 Å². The van der Waals surface area contributed by atoms with Crippen molar-refractivity contribution in [3.05, 3.63) is 64.2 Å². The number of carbonyl (C=O) groups excluding carboxylic acids is 1. The fourth-order valence-corrected chi connectivity index (χ4v) is 3.73. The van der Waals surface area contributed by atoms with Gasteiger partial charge in [-0.3, -0.25) is 4.79 Å². The molecular weight excluding hydrogens is 338 g/mol. The van der Waals surface area contributed by atoms with Crippen LogP contribution in [-0.2, 0) is 6.54 Å². The SMILES string of the molecule is Cc1cc(/C=C/C(=O)c2ccc(O)c(C[NH+]3CCCCC3)c2)cc(C)c1O. The summed E-state index contributed by atoms with van der Waals surface area (Å²) in [6.07, 6.45) is 7.06. The van der Waals surface area contributed by atoms with Gasteiger partial charge in [-0.2, -0.15) is 0 Å². The highest BCUT2D eigenvalue weighted by atomic mass is 16.3. The molecule has 0 unspecified atom stereocenters. The molecule has 2 aromatic carbocycles. The second-order valence-electron chi connectivity index (χ2n) is 7.53. The van der Waals surface area contributed by atoms with Crippen LogP contribution in [0.5, 0.6) is 11.5 Å². The molecule has 3 N–H and O–H groups in total. The van der Waals surface area contributed by atoms with Crippen molar-refractivity contribution in [2.75, 3.05) is 13.1 Å². The molecule has 2 aromatic rings. The third kappa shape index (κ3) is 4.77. The van der Waals surface area contributed by atoms with Crippen LogP contribution in [0.25, 0.3) is 6.08 Å². The van der Waals surface area contributed by atoms with E-state index in [-0.39, 0.29) is 11.5 Å². The summed E-state index contributed by atoms with van der Waals surface area (Å²) in [7, 11) is 0. The maximum atomic E-state index is 12.6. The van der Waals surface area contributed by atoms with E-state index < -0.39 is 0 Å². The molecule has 0 aliphatic carbocycles. The number of likely N-dealkylation sites (tertiary alicyclic amines) is 1. The summed E-state index contributed by atoms with van der Waals surface area (Å²) < 4.78 is 0. The minimum Gasteiger partial charge on any atom is -0.507 e. The van der Waals surface area contributed by atoms with Gasteiger partial charge in [0.25, 0.3) is 0 Å². The maximum absolute atomic E-state index is 12.6. The van der Waals surface area contributed by atoms with E-state index in [2.05, 4.69) is 0 Å². The van der Waals surface area contributed by atoms with Crippen LogP contribution in [0, 0.1) is 13.8 Å². The van der Waals surface area contributed by atoms with Gasteiger partial charge >= 0.3 is 0 Å². The minimum atomic E-state index is -0.0896. The Hall–Kier alpha value is -2.59. The number of aromatic hydroxyl groups is 2. The molecule has 142 valence electrons. The maximum Gasteiger partial charge on any atom is 0.185 e. The largest absolute Gasteiger partial charge is 0.507 e. The molecule has 27 heavy (non-hydrogen) atoms. The number of allylic oxidation sites excluding steroid dienone is 1. The first-order valence-corrected chi connectivity index (χ1v) is 9.62. The summed E-state index contributed by atoms with van der Waals surface area (Å²) in [5, 5.41) is 20.0. The van der Waals surface area contributed by atoms with E-state index in [0.29, 0.717) is 11.3 Å². The summed E-state index contributed by atoms with van der Waals surface area (Å²) in [5.41, 5.74) is 3.88. The summed E-state index contributed by atoms with van der Waals surface area (Å²) in [5.74, 6) is 0.466. The lowest BCUT2D eigenvalue weighted by Crippen LogP contribution is -3.11. The number of quaternary nitrogens is 1. The van der Waals surface area contributed by atoms with Gasteiger partial charge in [-0.1, -0.05) is 6.08 Å². The monoisotopic (exact) mass is 366 g/mol. The van der Waals surface area contributed by atoms with Crippen molar-refractivity contribution in [2.24, 2.45) is 0 Å². The van der Waals surface area contributed by atoms with Gasteiger partial charge in [0, 0.05) is 11.1 Å². The van der Waals surface area contributed by atoms with Gasteiger partial charge in [-0.05, 0) is 86.2 Å². The highest BCUT2D eigenvalue weighted by Gasteiger charge is 2.17. The van der Waals surface area contributed by atoms with Crippen LogP contribution >= 0.6 is 0 Å². The Labute approximate surface area is 160 Å². The number of nitrogens with one attached hydrogen (secondary N) is 1. The second-order valence-corrected chi connectivity index (χ2v) is 7.53. The summed E-state index contributed by atoms with van der Waals surface area (Å²) >= 11 is 0. The van der Waals surface area contributed by atoms with Gasteiger partial charge in [0.1, 0.15) is 18.0 Å². The number of aryl methyl sites for hydroxylation is 2. The molecule has 0 radical (unpaired) electrons. The molecule has 1 saturated heterocycles. The standard InChI is InChI=1S/C23H27NO3/c1-16-12-18(13-17(2)23(16)27)6-8-21(25)19-7-9-22(26)20(14-19)15-24-10-4-3-5-11-24/h6-9,12-14,26-27H,3-5,10-11,15H2,1-2H3/p+1/b8-6+. The number of ketones is 1. The lowest BCUT2D eigenvalue weighted by molar-refractivity contribution is -0.918. The number of hydrogen-bond donors (Lipinski definition) is 3. The van der Waals surface area contributed by atoms with Gasteiger partial charge < -0.3 is 15.1 Å². The summed E-state index contributed by atoms with van der Waals surface area (Å²) in [4.78, 5) is 14.1. The third-order valence-corrected chi connectivity index (χ3v) is 5.31. The molecule has 0 aromatic heterocycles. The lowest BCUT2D eigenvalue weighted by atomic mass is 10.0. The van der Waals surface area contributed by atoms with Crippen molar-refractivity contribution in [2.45, 2.75) is 39.7 Å². The Kier molecular flexibility index (Phi) is 5.97. The van der Waals surface area contributed by atoms with Crippen LogP contribution in [0.3, 0.4) is 0 Å². The van der Waals surface area contributed by atoms with Crippen LogP contribution < -0.4 is 4.90 Å². The molecule has 0 spiro atoms. The van der Waals surface area contributed by atoms with Crippen LogP contribution in [-0.4, -0.2) is 29.1 Å². The number of phenolic OH excluding ortho intramolecular Hbond substituents is 2. The third-order valence-electron chi connectivity index (χ3n) is 5.31. The minimum absolute atomic E-state index is 0.0896. The lowest BCUT2D eigenvalue weighted by Gasteiger charge is -2.23. The normalized spacial score (nSPS) is 15.3. The fourth-order valence-electron chi connectivity index (χ4n) is 3.73. The molecule has 4 heteroatoms. The smallest absolute Gasteiger partial charge is 0.185 e. The van der Waals surface area contributed by atoms with Crippen molar-refractivity contribution in [3.63, 3.8) is 0 Å². The second kappa shape index (κ2) is 8.40. The van der Waals surface area contributed by atoms with E-state index in [1.165, 1.54) is 24.2 Å². The molecule has 1 aliphatic rings. The predicted octanol–water partition coefficient (Wildman–Crippen LogP) is 3.18. The van der Waals surface area contributed by atoms with Crippen molar-refractivity contribution in [1.82, 2.24) is 0 Å². The zero-order valence-corrected chi connectivity index (χ0v) is 16.1. The Morgan fingerprint density at radius 1 is 1.04 bits per heavy atom. The Bertz CT molecular complexity index is 841. The van der Waals surface area contributed by atoms with Crippen LogP contribution in [0.2, 0.25) is 0 Å². The predicted molar refractivity (Wildman–Crippen MR) is 107 cm³/mol. The topological polar surface area (TPSA) is 62.0 Å². The molecule has 0 amide bonds. The number of hydrogen-bond acceptors (Lipinski definition) is 3. The van der Waals surface area contributed by atoms with E-state index >= 15 is 0 Å². The van der Waals surface area contributed by atoms with Crippen LogP contribution in [0.4, 0.5) is 0 Å². The number of rotatable bonds is 5. The quantitative estimate of drug-likeness (QED) is 0.563. The molecule has 1 fully saturated rings. The van der Waals surface area contributed by atoms with E-state index in [9.17, 15) is 15.0 Å². The number of phenols is 2. The van der Waals surface area contributed by atoms with E-state index in [1.807, 2.05) is 32.0 Å². The Morgan fingerprint density at radius 2 is 1.70 bits per heavy atom. The Balaban J connectivity index is 1.75. The van der Waals surface area contributed by atoms with Crippen LogP contribution in [0.1, 0.15) is 51.9 Å². The zero-order chi connectivity index (χ0) is 19.4. The van der Waals surface area contributed by atoms with Gasteiger partial charge in [0.05, 0.1) is 13.1 Å². The average molecular weight is 366 g/mol. The summed E-state index contributed by atoms with van der Waals surface area (Å²) in [6, 6.07) is 8.82. The van der Waals surface area contributed by atoms with Gasteiger partial charge in [-0.15, -0.1) is 0 Å². The molecule has 0 atom stereocenters. The molecule has 1 aliphatic heterocycles. The number of carbonyl (C=O) groups is 1. The van der Waals surface area contributed by atoms with Crippen LogP contribution in [0.15, 0.2) is 36.4 Å². The first kappa shape index (κ1) is 19.2. The molecule has 3 rings (SSSR count). The molecule has 4 nitrogen and oxygen atoms in total. The van der Waals surface area contributed by atoms with Gasteiger partial charge in [0.15, 0.2) is 5.78 Å². The number of benzene rings is 2. The van der Waals surface area contributed by atoms with Crippen molar-refractivity contribution >= 4 is 11.9 Å². The number of piperidine rings is 1. The van der Waals surface area contributed by atoms with Gasteiger partial charge in [-0.25, -0.2) is 0 Å². The van der Waals surface area contributed by atoms with Gasteiger partial charge in [0.2, 0.25) is 0 Å². The highest BCUT2D eigenvalue weighted by molar-refractivity contribution is 6.07. The van der Waals surface area contributed by atoms with E-state index in [1.54, 1.807) is 24.3 Å². The molecule has 0 bridgehead atoms. The summed E-state index contributed by atoms with van der Waals surface area (Å²) in [6.45, 7) is 6.69. The Morgan fingerprint density at radius 3 is 2.37 bits per heavy atom. The molecular formula is C23H28NO3+. The molecule has 1 heterocycles. The zero-order valence-electron chi connectivity index (χ0n) is 16.1.